The van der Waals surface area contributed by atoms with Crippen molar-refractivity contribution in [2.24, 2.45) is 0 Å². The maximum absolute atomic E-state index is 11.9. The first-order chi connectivity index (χ1) is 9.89. The van der Waals surface area contributed by atoms with Crippen LogP contribution in [0.5, 0.6) is 0 Å². The van der Waals surface area contributed by atoms with Crippen molar-refractivity contribution >= 4 is 32.3 Å². The standard InChI is InChI=1S/C15H18N2O3S/c1-3-11-10-14(12-6-4-5-7-13(12)16-11)17-15(18)8-9-21(2,19)20/h4-7,10H,3,8-9H2,1-2H3,(H,16,17,18). The molecule has 0 spiro atoms. The lowest BCUT2D eigenvalue weighted by Crippen LogP contribution is -2.17. The zero-order valence-electron chi connectivity index (χ0n) is 12.1. The molecule has 6 heteroatoms. The second-order valence-electron chi connectivity index (χ2n) is 4.96. The van der Waals surface area contributed by atoms with Crippen LogP contribution >= 0.6 is 0 Å². The van der Waals surface area contributed by atoms with Gasteiger partial charge in [0.25, 0.3) is 0 Å². The highest BCUT2D eigenvalue weighted by Crippen LogP contribution is 2.23. The van der Waals surface area contributed by atoms with E-state index in [1.165, 1.54) is 0 Å². The molecule has 0 bridgehead atoms. The normalized spacial score (nSPS) is 11.5. The van der Waals surface area contributed by atoms with E-state index in [9.17, 15) is 13.2 Å². The predicted molar refractivity (Wildman–Crippen MR) is 84.1 cm³/mol. The SMILES string of the molecule is CCc1cc(NC(=O)CCS(C)(=O)=O)c2ccccc2n1. The fourth-order valence-electron chi connectivity index (χ4n) is 2.01. The van der Waals surface area contributed by atoms with Crippen LogP contribution in [-0.2, 0) is 21.1 Å². The van der Waals surface area contributed by atoms with Gasteiger partial charge in [-0.2, -0.15) is 0 Å². The number of pyridine rings is 1. The largest absolute Gasteiger partial charge is 0.325 e. The molecule has 112 valence electrons. The summed E-state index contributed by atoms with van der Waals surface area (Å²) in [6.07, 6.45) is 1.84. The zero-order valence-corrected chi connectivity index (χ0v) is 12.9. The Hall–Kier alpha value is -1.95. The van der Waals surface area contributed by atoms with Crippen LogP contribution in [0.15, 0.2) is 30.3 Å². The van der Waals surface area contributed by atoms with Crippen molar-refractivity contribution in [3.63, 3.8) is 0 Å². The molecule has 2 aromatic rings. The highest BCUT2D eigenvalue weighted by Gasteiger charge is 2.11. The molecule has 1 heterocycles. The van der Waals surface area contributed by atoms with Crippen LogP contribution in [0.2, 0.25) is 0 Å². The number of benzene rings is 1. The summed E-state index contributed by atoms with van der Waals surface area (Å²) in [5, 5.41) is 3.64. The highest BCUT2D eigenvalue weighted by molar-refractivity contribution is 7.90. The van der Waals surface area contributed by atoms with Gasteiger partial charge in [-0.05, 0) is 18.6 Å². The lowest BCUT2D eigenvalue weighted by atomic mass is 10.1. The van der Waals surface area contributed by atoms with E-state index in [-0.39, 0.29) is 18.1 Å². The van der Waals surface area contributed by atoms with Crippen molar-refractivity contribution in [2.75, 3.05) is 17.3 Å². The Balaban J connectivity index is 2.26. The van der Waals surface area contributed by atoms with Gasteiger partial charge in [-0.15, -0.1) is 0 Å². The molecule has 2 rings (SSSR count). The number of nitrogens with one attached hydrogen (secondary N) is 1. The third-order valence-corrected chi connectivity index (χ3v) is 4.05. The molecular weight excluding hydrogens is 288 g/mol. The molecule has 0 aliphatic rings. The van der Waals surface area contributed by atoms with E-state index in [2.05, 4.69) is 10.3 Å². The molecule has 5 nitrogen and oxygen atoms in total. The number of nitrogens with zero attached hydrogens (tertiary/aromatic N) is 1. The predicted octanol–water partition coefficient (Wildman–Crippen LogP) is 2.17. The van der Waals surface area contributed by atoms with Gasteiger partial charge in [0.05, 0.1) is 17.0 Å². The molecule has 0 radical (unpaired) electrons. The van der Waals surface area contributed by atoms with E-state index >= 15 is 0 Å². The van der Waals surface area contributed by atoms with Gasteiger partial charge >= 0.3 is 0 Å². The van der Waals surface area contributed by atoms with Gasteiger partial charge in [-0.25, -0.2) is 8.42 Å². The minimum atomic E-state index is -3.14. The van der Waals surface area contributed by atoms with Crippen LogP contribution in [0.1, 0.15) is 19.0 Å². The van der Waals surface area contributed by atoms with E-state index in [0.717, 1.165) is 29.3 Å². The number of hydrogen-bond acceptors (Lipinski definition) is 4. The van der Waals surface area contributed by atoms with Crippen molar-refractivity contribution in [1.29, 1.82) is 0 Å². The van der Waals surface area contributed by atoms with Crippen LogP contribution in [0.3, 0.4) is 0 Å². The summed E-state index contributed by atoms with van der Waals surface area (Å²) >= 11 is 0. The molecule has 21 heavy (non-hydrogen) atoms. The van der Waals surface area contributed by atoms with Gasteiger partial charge in [0.1, 0.15) is 9.84 Å². The van der Waals surface area contributed by atoms with E-state index in [4.69, 9.17) is 0 Å². The minimum absolute atomic E-state index is 0.0447. The topological polar surface area (TPSA) is 76.1 Å². The number of carbonyl (C=O) groups excluding carboxylic acids is 1. The number of para-hydroxylation sites is 1. The van der Waals surface area contributed by atoms with Crippen LogP contribution in [0.4, 0.5) is 5.69 Å². The van der Waals surface area contributed by atoms with Crippen LogP contribution in [0, 0.1) is 0 Å². The van der Waals surface area contributed by atoms with Crippen LogP contribution < -0.4 is 5.32 Å². The molecule has 0 unspecified atom stereocenters. The number of amides is 1. The highest BCUT2D eigenvalue weighted by atomic mass is 32.2. The summed E-state index contributed by atoms with van der Waals surface area (Å²) in [6.45, 7) is 1.99. The molecule has 0 aliphatic heterocycles. The Morgan fingerprint density at radius 2 is 2.00 bits per heavy atom. The first-order valence-corrected chi connectivity index (χ1v) is 8.81. The number of aromatic nitrogens is 1. The summed E-state index contributed by atoms with van der Waals surface area (Å²) < 4.78 is 22.2. The van der Waals surface area contributed by atoms with Crippen molar-refractivity contribution in [3.8, 4) is 0 Å². The monoisotopic (exact) mass is 306 g/mol. The molecule has 1 N–H and O–H groups in total. The summed E-state index contributed by atoms with van der Waals surface area (Å²) in [6, 6.07) is 9.38. The maximum Gasteiger partial charge on any atom is 0.225 e. The summed E-state index contributed by atoms with van der Waals surface area (Å²) in [7, 11) is -3.14. The Kier molecular flexibility index (Phi) is 4.57. The first-order valence-electron chi connectivity index (χ1n) is 6.75. The van der Waals surface area contributed by atoms with E-state index in [1.54, 1.807) is 0 Å². The number of rotatable bonds is 5. The molecule has 1 aromatic heterocycles. The molecular formula is C15H18N2O3S. The van der Waals surface area contributed by atoms with Gasteiger partial charge in [0.2, 0.25) is 5.91 Å². The second-order valence-corrected chi connectivity index (χ2v) is 7.22. The molecule has 1 amide bonds. The van der Waals surface area contributed by atoms with Crippen LogP contribution in [-0.4, -0.2) is 31.3 Å². The smallest absolute Gasteiger partial charge is 0.225 e. The van der Waals surface area contributed by atoms with Crippen molar-refractivity contribution in [2.45, 2.75) is 19.8 Å². The summed E-state index contributed by atoms with van der Waals surface area (Å²) in [5.41, 5.74) is 2.37. The minimum Gasteiger partial charge on any atom is -0.325 e. The summed E-state index contributed by atoms with van der Waals surface area (Å²) in [4.78, 5) is 16.4. The Bertz CT molecular complexity index is 770. The number of aryl methyl sites for hydroxylation is 1. The quantitative estimate of drug-likeness (QED) is 0.918. The third kappa shape index (κ3) is 4.26. The second kappa shape index (κ2) is 6.22. The molecule has 0 fully saturated rings. The number of hydrogen-bond donors (Lipinski definition) is 1. The van der Waals surface area contributed by atoms with Crippen molar-refractivity contribution < 1.29 is 13.2 Å². The maximum atomic E-state index is 11.9. The lowest BCUT2D eigenvalue weighted by Gasteiger charge is -2.10. The van der Waals surface area contributed by atoms with E-state index in [1.807, 2.05) is 37.3 Å². The van der Waals surface area contributed by atoms with Crippen molar-refractivity contribution in [3.05, 3.63) is 36.0 Å². The van der Waals surface area contributed by atoms with Gasteiger partial charge in [0.15, 0.2) is 0 Å². The number of fused-ring (bicyclic) bond motifs is 1. The van der Waals surface area contributed by atoms with Gasteiger partial charge in [-0.1, -0.05) is 25.1 Å². The first kappa shape index (κ1) is 15.4. The van der Waals surface area contributed by atoms with Gasteiger partial charge in [0, 0.05) is 23.8 Å². The number of sulfone groups is 1. The number of carbonyl (C=O) groups is 1. The van der Waals surface area contributed by atoms with Crippen molar-refractivity contribution in [1.82, 2.24) is 4.98 Å². The third-order valence-electron chi connectivity index (χ3n) is 3.11. The summed E-state index contributed by atoms with van der Waals surface area (Å²) in [5.74, 6) is -0.457. The Morgan fingerprint density at radius 3 is 2.67 bits per heavy atom. The van der Waals surface area contributed by atoms with E-state index < -0.39 is 9.84 Å². The molecule has 1 aromatic carbocycles. The molecule has 0 saturated heterocycles. The van der Waals surface area contributed by atoms with Gasteiger partial charge in [-0.3, -0.25) is 9.78 Å². The molecule has 0 atom stereocenters. The van der Waals surface area contributed by atoms with Crippen LogP contribution in [0.25, 0.3) is 10.9 Å². The average molecular weight is 306 g/mol. The van der Waals surface area contributed by atoms with E-state index in [0.29, 0.717) is 5.69 Å². The average Bonchev–Trinajstić information content (AvgIpc) is 2.44. The lowest BCUT2D eigenvalue weighted by molar-refractivity contribution is -0.115. The number of anilines is 1. The fraction of sp³-hybridized carbons (Fsp3) is 0.333. The fourth-order valence-corrected chi connectivity index (χ4v) is 2.56. The Morgan fingerprint density at radius 1 is 1.29 bits per heavy atom. The Labute approximate surface area is 124 Å². The molecule has 0 aliphatic carbocycles. The van der Waals surface area contributed by atoms with Gasteiger partial charge < -0.3 is 5.32 Å². The molecule has 0 saturated carbocycles. The zero-order chi connectivity index (χ0) is 15.5.